The third kappa shape index (κ3) is 3.38. The Morgan fingerprint density at radius 1 is 1.20 bits per heavy atom. The lowest BCUT2D eigenvalue weighted by Gasteiger charge is -2.20. The predicted octanol–water partition coefficient (Wildman–Crippen LogP) is 2.48. The molecule has 0 unspecified atom stereocenters. The van der Waals surface area contributed by atoms with Crippen molar-refractivity contribution in [2.24, 2.45) is 0 Å². The van der Waals surface area contributed by atoms with Crippen molar-refractivity contribution in [2.45, 2.75) is 33.0 Å². The number of fused-ring (bicyclic) bond motifs is 1. The van der Waals surface area contributed by atoms with Gasteiger partial charge in [0.05, 0.1) is 5.52 Å². The van der Waals surface area contributed by atoms with Crippen molar-refractivity contribution in [1.82, 2.24) is 9.88 Å². The Bertz CT molecular complexity index is 683. The molecule has 0 fully saturated rings. The fraction of sp³-hybridized carbons (Fsp3) is 0.333. The first-order valence-electron chi connectivity index (χ1n) is 6.42. The van der Waals surface area contributed by atoms with Crippen LogP contribution in [0.5, 0.6) is 0 Å². The minimum atomic E-state index is -0.562. The molecule has 5 heteroatoms. The molecule has 0 saturated carbocycles. The molecular weight excluding hydrogens is 256 g/mol. The summed E-state index contributed by atoms with van der Waals surface area (Å²) in [4.78, 5) is 23.5. The molecule has 0 atom stereocenters. The number of benzene rings is 1. The van der Waals surface area contributed by atoms with E-state index in [4.69, 9.17) is 4.74 Å². The SMILES string of the molecule is CC(C)(C)OC(=O)NCn1c(=O)ccc2ccccc21. The van der Waals surface area contributed by atoms with Crippen LogP contribution in [0.15, 0.2) is 41.2 Å². The van der Waals surface area contributed by atoms with Crippen LogP contribution in [0.3, 0.4) is 0 Å². The molecule has 0 aliphatic carbocycles. The number of pyridine rings is 1. The summed E-state index contributed by atoms with van der Waals surface area (Å²) in [5.41, 5.74) is 0.0455. The van der Waals surface area contributed by atoms with Gasteiger partial charge in [-0.2, -0.15) is 0 Å². The average molecular weight is 274 g/mol. The normalized spacial score (nSPS) is 11.3. The molecule has 1 heterocycles. The Kier molecular flexibility index (Phi) is 3.79. The highest BCUT2D eigenvalue weighted by atomic mass is 16.6. The van der Waals surface area contributed by atoms with E-state index >= 15 is 0 Å². The number of ether oxygens (including phenoxy) is 1. The summed E-state index contributed by atoms with van der Waals surface area (Å²) in [7, 11) is 0. The van der Waals surface area contributed by atoms with Crippen LogP contribution >= 0.6 is 0 Å². The highest BCUT2D eigenvalue weighted by molar-refractivity contribution is 5.78. The first-order valence-corrected chi connectivity index (χ1v) is 6.42. The summed E-state index contributed by atoms with van der Waals surface area (Å²) in [6.45, 7) is 5.44. The van der Waals surface area contributed by atoms with E-state index in [2.05, 4.69) is 5.32 Å². The number of nitrogens with one attached hydrogen (secondary N) is 1. The second kappa shape index (κ2) is 5.36. The van der Waals surface area contributed by atoms with Crippen LogP contribution in [0.1, 0.15) is 20.8 Å². The summed E-state index contributed by atoms with van der Waals surface area (Å²) in [6.07, 6.45) is -0.544. The molecule has 1 aromatic heterocycles. The van der Waals surface area contributed by atoms with Crippen LogP contribution < -0.4 is 10.9 Å². The third-order valence-electron chi connectivity index (χ3n) is 2.68. The maximum Gasteiger partial charge on any atom is 0.409 e. The highest BCUT2D eigenvalue weighted by Gasteiger charge is 2.16. The fourth-order valence-corrected chi connectivity index (χ4v) is 1.86. The number of para-hydroxylation sites is 1. The van der Waals surface area contributed by atoms with Gasteiger partial charge in [-0.05, 0) is 38.3 Å². The van der Waals surface area contributed by atoms with Gasteiger partial charge in [0.25, 0.3) is 5.56 Å². The van der Waals surface area contributed by atoms with Crippen molar-refractivity contribution in [1.29, 1.82) is 0 Å². The number of alkyl carbamates (subject to hydrolysis) is 1. The first kappa shape index (κ1) is 14.1. The average Bonchev–Trinajstić information content (AvgIpc) is 2.35. The van der Waals surface area contributed by atoms with E-state index in [9.17, 15) is 9.59 Å². The number of nitrogens with zero attached hydrogens (tertiary/aromatic N) is 1. The smallest absolute Gasteiger partial charge is 0.409 e. The van der Waals surface area contributed by atoms with Gasteiger partial charge in [-0.15, -0.1) is 0 Å². The molecule has 1 N–H and O–H groups in total. The van der Waals surface area contributed by atoms with Gasteiger partial charge in [0.2, 0.25) is 0 Å². The van der Waals surface area contributed by atoms with Gasteiger partial charge >= 0.3 is 6.09 Å². The minimum Gasteiger partial charge on any atom is -0.444 e. The highest BCUT2D eigenvalue weighted by Crippen LogP contribution is 2.10. The summed E-state index contributed by atoms with van der Waals surface area (Å²) in [6, 6.07) is 10.8. The van der Waals surface area contributed by atoms with Crippen LogP contribution in [-0.2, 0) is 11.4 Å². The second-order valence-electron chi connectivity index (χ2n) is 5.50. The standard InChI is InChI=1S/C15H18N2O3/c1-15(2,3)20-14(19)16-10-17-12-7-5-4-6-11(12)8-9-13(17)18/h4-9H,10H2,1-3H3,(H,16,19). The molecule has 0 aliphatic heterocycles. The zero-order valence-corrected chi connectivity index (χ0v) is 11.8. The van der Waals surface area contributed by atoms with Crippen molar-refractivity contribution in [3.8, 4) is 0 Å². The number of carbonyl (C=O) groups is 1. The lowest BCUT2D eigenvalue weighted by Crippen LogP contribution is -2.36. The number of hydrogen-bond acceptors (Lipinski definition) is 3. The van der Waals surface area contributed by atoms with E-state index in [1.807, 2.05) is 24.3 Å². The van der Waals surface area contributed by atoms with Gasteiger partial charge in [0.15, 0.2) is 0 Å². The second-order valence-corrected chi connectivity index (χ2v) is 5.50. The van der Waals surface area contributed by atoms with Gasteiger partial charge in [-0.25, -0.2) is 4.79 Å². The van der Waals surface area contributed by atoms with Gasteiger partial charge in [0.1, 0.15) is 12.3 Å². The van der Waals surface area contributed by atoms with E-state index in [1.165, 1.54) is 10.6 Å². The molecule has 1 amide bonds. The summed E-state index contributed by atoms with van der Waals surface area (Å²) in [5.74, 6) is 0. The molecule has 0 aliphatic rings. The van der Waals surface area contributed by atoms with Crippen LogP contribution in [0.4, 0.5) is 4.79 Å². The quantitative estimate of drug-likeness (QED) is 0.915. The van der Waals surface area contributed by atoms with Gasteiger partial charge < -0.3 is 10.1 Å². The Hall–Kier alpha value is -2.30. The summed E-state index contributed by atoms with van der Waals surface area (Å²) in [5, 5.41) is 3.53. The fourth-order valence-electron chi connectivity index (χ4n) is 1.86. The topological polar surface area (TPSA) is 60.3 Å². The zero-order chi connectivity index (χ0) is 14.8. The van der Waals surface area contributed by atoms with E-state index < -0.39 is 11.7 Å². The molecule has 20 heavy (non-hydrogen) atoms. The van der Waals surface area contributed by atoms with E-state index in [0.717, 1.165) is 10.9 Å². The number of aromatic nitrogens is 1. The van der Waals surface area contributed by atoms with Crippen LogP contribution in [-0.4, -0.2) is 16.3 Å². The Labute approximate surface area is 117 Å². The van der Waals surface area contributed by atoms with Crippen molar-refractivity contribution < 1.29 is 9.53 Å². The zero-order valence-electron chi connectivity index (χ0n) is 11.8. The van der Waals surface area contributed by atoms with E-state index in [1.54, 1.807) is 26.8 Å². The Morgan fingerprint density at radius 2 is 1.90 bits per heavy atom. The maximum atomic E-state index is 11.9. The van der Waals surface area contributed by atoms with Gasteiger partial charge in [-0.1, -0.05) is 18.2 Å². The molecular formula is C15H18N2O3. The van der Waals surface area contributed by atoms with Crippen molar-refractivity contribution >= 4 is 17.0 Å². The van der Waals surface area contributed by atoms with Crippen molar-refractivity contribution in [3.63, 3.8) is 0 Å². The number of hydrogen-bond donors (Lipinski definition) is 1. The van der Waals surface area contributed by atoms with Crippen LogP contribution in [0, 0.1) is 0 Å². The van der Waals surface area contributed by atoms with Crippen LogP contribution in [0.25, 0.3) is 10.9 Å². The molecule has 5 nitrogen and oxygen atoms in total. The summed E-state index contributed by atoms with van der Waals surface area (Å²) >= 11 is 0. The minimum absolute atomic E-state index is 0.0785. The molecule has 0 saturated heterocycles. The molecule has 0 spiro atoms. The Morgan fingerprint density at radius 3 is 2.60 bits per heavy atom. The molecule has 1 aromatic carbocycles. The van der Waals surface area contributed by atoms with Crippen molar-refractivity contribution in [3.05, 3.63) is 46.8 Å². The maximum absolute atomic E-state index is 11.9. The summed E-state index contributed by atoms with van der Waals surface area (Å²) < 4.78 is 6.65. The molecule has 106 valence electrons. The lowest BCUT2D eigenvalue weighted by molar-refractivity contribution is 0.0511. The first-order chi connectivity index (χ1) is 9.37. The third-order valence-corrected chi connectivity index (χ3v) is 2.68. The molecule has 2 rings (SSSR count). The van der Waals surface area contributed by atoms with Gasteiger partial charge in [-0.3, -0.25) is 9.36 Å². The largest absolute Gasteiger partial charge is 0.444 e. The van der Waals surface area contributed by atoms with E-state index in [-0.39, 0.29) is 12.2 Å². The van der Waals surface area contributed by atoms with Crippen LogP contribution in [0.2, 0.25) is 0 Å². The Balaban J connectivity index is 2.20. The lowest BCUT2D eigenvalue weighted by atomic mass is 10.2. The van der Waals surface area contributed by atoms with Gasteiger partial charge in [0, 0.05) is 6.07 Å². The number of amides is 1. The molecule has 2 aromatic rings. The predicted molar refractivity (Wildman–Crippen MR) is 77.6 cm³/mol. The molecule has 0 bridgehead atoms. The monoisotopic (exact) mass is 274 g/mol. The van der Waals surface area contributed by atoms with E-state index in [0.29, 0.717) is 0 Å². The number of rotatable bonds is 2. The molecule has 0 radical (unpaired) electrons. The number of carbonyl (C=O) groups excluding carboxylic acids is 1. The van der Waals surface area contributed by atoms with Crippen molar-refractivity contribution in [2.75, 3.05) is 0 Å².